The van der Waals surface area contributed by atoms with Gasteiger partial charge in [-0.15, -0.1) is 0 Å². The van der Waals surface area contributed by atoms with Crippen molar-refractivity contribution in [3.8, 4) is 0 Å². The van der Waals surface area contributed by atoms with Crippen molar-refractivity contribution in [2.45, 2.75) is 101 Å². The molecule has 0 heterocycles. The van der Waals surface area contributed by atoms with Crippen LogP contribution < -0.4 is 0 Å². The van der Waals surface area contributed by atoms with Crippen molar-refractivity contribution in [2.75, 3.05) is 28.4 Å². The predicted molar refractivity (Wildman–Crippen MR) is 225 cm³/mol. The van der Waals surface area contributed by atoms with Gasteiger partial charge in [0.15, 0.2) is 0 Å². The van der Waals surface area contributed by atoms with Crippen molar-refractivity contribution < 1.29 is 36.3 Å². The summed E-state index contributed by atoms with van der Waals surface area (Å²) in [7, 11) is -1.73. The van der Waals surface area contributed by atoms with E-state index >= 15 is 0 Å². The highest BCUT2D eigenvalue weighted by Gasteiger charge is 2.39. The summed E-state index contributed by atoms with van der Waals surface area (Å²) in [4.78, 5) is 0. The Morgan fingerprint density at radius 2 is 1.13 bits per heavy atom. The van der Waals surface area contributed by atoms with Crippen LogP contribution in [0.3, 0.4) is 0 Å². The van der Waals surface area contributed by atoms with Gasteiger partial charge in [-0.05, 0) is 77.2 Å². The second kappa shape index (κ2) is 21.6. The van der Waals surface area contributed by atoms with Gasteiger partial charge in [0.05, 0.1) is 12.2 Å². The number of phosphoric acid groups is 2. The minimum absolute atomic E-state index is 0.0951. The molecule has 0 saturated carbocycles. The van der Waals surface area contributed by atoms with Crippen LogP contribution in [0.4, 0.5) is 0 Å². The quantitative estimate of drug-likeness (QED) is 0.0771. The SMILES string of the molecule is COP(=O)(OC)OC1C=C(C)C(C=CC(C)=CC=CC(C)=CC=CC=C(C)C=CC=C(C)C=CC2=C(C)CC(OP(=O)(OC)OC)CC2(C)C)C(C)(C)C1. The molecular weight excluding hydrogens is 718 g/mol. The molecule has 3 atom stereocenters. The molecule has 0 fully saturated rings. The highest BCUT2D eigenvalue weighted by Crippen LogP contribution is 2.54. The molecule has 8 nitrogen and oxygen atoms in total. The monoisotopic (exact) mass is 784 g/mol. The Morgan fingerprint density at radius 3 is 1.61 bits per heavy atom. The summed E-state index contributed by atoms with van der Waals surface area (Å²) in [6.07, 6.45) is 33.1. The Kier molecular flexibility index (Phi) is 19.0. The van der Waals surface area contributed by atoms with Gasteiger partial charge in [-0.25, -0.2) is 9.13 Å². The van der Waals surface area contributed by atoms with Crippen molar-refractivity contribution in [3.63, 3.8) is 0 Å². The summed E-state index contributed by atoms with van der Waals surface area (Å²) in [6.45, 7) is 21.3. The van der Waals surface area contributed by atoms with Gasteiger partial charge in [-0.2, -0.15) is 0 Å². The maximum absolute atomic E-state index is 12.5. The third-order valence-electron chi connectivity index (χ3n) is 9.74. The summed E-state index contributed by atoms with van der Waals surface area (Å²) in [5.74, 6) is 0.226. The molecule has 2 rings (SSSR count). The Hall–Kier alpha value is -2.64. The number of hydrogen-bond donors (Lipinski definition) is 0. The van der Waals surface area contributed by atoms with Crippen LogP contribution in [0.25, 0.3) is 0 Å². The lowest BCUT2D eigenvalue weighted by atomic mass is 9.67. The number of phosphoric ester groups is 2. The standard InChI is InChI=1S/C44H66O8P2/c1-33(21-17-23-35(3)25-27-41-37(5)29-39(31-43(41,7)8)51-53(45,47-11)48-12)19-15-16-20-34(2)22-18-24-36(4)26-28-42-38(6)30-40(32-44(42,9)10)52-54(46,49-13)50-14/h15-29,39-41H,30-32H2,1-14H3. The molecule has 0 aromatic heterocycles. The molecule has 0 spiro atoms. The number of rotatable bonds is 18. The van der Waals surface area contributed by atoms with Crippen LogP contribution in [0.1, 0.15) is 88.5 Å². The molecule has 0 radical (unpaired) electrons. The van der Waals surface area contributed by atoms with Crippen molar-refractivity contribution >= 4 is 15.6 Å². The van der Waals surface area contributed by atoms with Gasteiger partial charge >= 0.3 is 15.6 Å². The second-order valence-electron chi connectivity index (χ2n) is 15.5. The van der Waals surface area contributed by atoms with E-state index in [2.05, 4.69) is 142 Å². The van der Waals surface area contributed by atoms with Crippen LogP contribution in [0.15, 0.2) is 130 Å². The fraction of sp³-hybridized carbons (Fsp3) is 0.500. The van der Waals surface area contributed by atoms with E-state index in [4.69, 9.17) is 27.1 Å². The first kappa shape index (κ1) is 47.5. The van der Waals surface area contributed by atoms with Gasteiger partial charge < -0.3 is 0 Å². The second-order valence-corrected chi connectivity index (χ2v) is 19.2. The number of allylic oxidation sites excluding steroid dienone is 20. The summed E-state index contributed by atoms with van der Waals surface area (Å²) < 4.78 is 56.4. The third kappa shape index (κ3) is 15.5. The van der Waals surface area contributed by atoms with Gasteiger partial charge in [-0.3, -0.25) is 27.1 Å². The normalized spacial score (nSPS) is 24.0. The molecular formula is C44H66O8P2. The lowest BCUT2D eigenvalue weighted by Gasteiger charge is -2.40. The Balaban J connectivity index is 1.95. The van der Waals surface area contributed by atoms with Gasteiger partial charge in [0.1, 0.15) is 0 Å². The van der Waals surface area contributed by atoms with Gasteiger partial charge in [0.25, 0.3) is 0 Å². The molecule has 0 bridgehead atoms. The van der Waals surface area contributed by atoms with Crippen LogP contribution in [0, 0.1) is 16.7 Å². The maximum atomic E-state index is 12.5. The van der Waals surface area contributed by atoms with Gasteiger partial charge in [-0.1, -0.05) is 152 Å². The summed E-state index contributed by atoms with van der Waals surface area (Å²) in [5.41, 5.74) is 7.99. The van der Waals surface area contributed by atoms with Crippen molar-refractivity contribution in [1.82, 2.24) is 0 Å². The zero-order valence-electron chi connectivity index (χ0n) is 35.2. The van der Waals surface area contributed by atoms with Crippen molar-refractivity contribution in [1.29, 1.82) is 0 Å². The van der Waals surface area contributed by atoms with E-state index in [0.29, 0.717) is 12.8 Å². The van der Waals surface area contributed by atoms with Crippen LogP contribution in [0.2, 0.25) is 0 Å². The van der Waals surface area contributed by atoms with Crippen molar-refractivity contribution in [2.24, 2.45) is 16.7 Å². The topological polar surface area (TPSA) is 89.5 Å². The Labute approximate surface area is 327 Å². The summed E-state index contributed by atoms with van der Waals surface area (Å²) in [6, 6.07) is 0. The molecule has 0 saturated heterocycles. The first-order chi connectivity index (χ1) is 25.2. The van der Waals surface area contributed by atoms with E-state index in [9.17, 15) is 9.13 Å². The number of hydrogen-bond acceptors (Lipinski definition) is 8. The van der Waals surface area contributed by atoms with Gasteiger partial charge in [0.2, 0.25) is 0 Å². The molecule has 0 aromatic carbocycles. The van der Waals surface area contributed by atoms with Crippen LogP contribution in [-0.4, -0.2) is 40.6 Å². The van der Waals surface area contributed by atoms with E-state index in [0.717, 1.165) is 28.7 Å². The van der Waals surface area contributed by atoms with E-state index < -0.39 is 15.6 Å². The molecule has 2 aliphatic carbocycles. The van der Waals surface area contributed by atoms with Crippen LogP contribution in [-0.2, 0) is 36.3 Å². The molecule has 3 unspecified atom stereocenters. The highest BCUT2D eigenvalue weighted by molar-refractivity contribution is 7.48. The maximum Gasteiger partial charge on any atom is 0.474 e. The minimum atomic E-state index is -3.55. The molecule has 0 aromatic rings. The van der Waals surface area contributed by atoms with E-state index in [1.54, 1.807) is 0 Å². The fourth-order valence-electron chi connectivity index (χ4n) is 6.89. The van der Waals surface area contributed by atoms with Crippen LogP contribution in [0.5, 0.6) is 0 Å². The summed E-state index contributed by atoms with van der Waals surface area (Å²) >= 11 is 0. The first-order valence-electron chi connectivity index (χ1n) is 18.5. The largest absolute Gasteiger partial charge is 0.474 e. The predicted octanol–water partition coefficient (Wildman–Crippen LogP) is 13.3. The summed E-state index contributed by atoms with van der Waals surface area (Å²) in [5, 5.41) is 0. The van der Waals surface area contributed by atoms with E-state index in [-0.39, 0.29) is 29.0 Å². The lowest BCUT2D eigenvalue weighted by molar-refractivity contribution is 0.0763. The average Bonchev–Trinajstić information content (AvgIpc) is 3.08. The molecule has 2 aliphatic rings. The molecule has 10 heteroatoms. The van der Waals surface area contributed by atoms with E-state index in [1.807, 2.05) is 18.2 Å². The Bertz CT molecular complexity index is 1710. The molecule has 300 valence electrons. The molecule has 0 N–H and O–H groups in total. The molecule has 0 amide bonds. The molecule has 54 heavy (non-hydrogen) atoms. The average molecular weight is 785 g/mol. The highest BCUT2D eigenvalue weighted by atomic mass is 31.2. The zero-order valence-corrected chi connectivity index (χ0v) is 37.0. The molecule has 0 aliphatic heterocycles. The van der Waals surface area contributed by atoms with Crippen molar-refractivity contribution in [3.05, 3.63) is 130 Å². The fourth-order valence-corrected chi connectivity index (χ4v) is 8.52. The minimum Gasteiger partial charge on any atom is -0.290 e. The van der Waals surface area contributed by atoms with Crippen LogP contribution >= 0.6 is 15.6 Å². The zero-order chi connectivity index (χ0) is 40.7. The van der Waals surface area contributed by atoms with Gasteiger partial charge in [0, 0.05) is 34.4 Å². The third-order valence-corrected chi connectivity index (χ3v) is 12.6. The Morgan fingerprint density at radius 1 is 0.667 bits per heavy atom. The smallest absolute Gasteiger partial charge is 0.290 e. The van der Waals surface area contributed by atoms with E-state index in [1.165, 1.54) is 45.2 Å². The lowest BCUT2D eigenvalue weighted by Crippen LogP contribution is -2.33. The first-order valence-corrected chi connectivity index (χ1v) is 21.4.